The van der Waals surface area contributed by atoms with Crippen LogP contribution < -0.4 is 31.5 Å². The highest BCUT2D eigenvalue weighted by molar-refractivity contribution is 5.92. The molecule has 1 saturated carbocycles. The largest absolute Gasteiger partial charge is 0.507 e. The van der Waals surface area contributed by atoms with Crippen LogP contribution in [0.5, 0.6) is 11.5 Å². The molecule has 8 nitrogen and oxygen atoms in total. The summed E-state index contributed by atoms with van der Waals surface area (Å²) in [7, 11) is 1.96. The number of phenols is 1. The fourth-order valence-corrected chi connectivity index (χ4v) is 5.27. The van der Waals surface area contributed by atoms with Gasteiger partial charge in [0.1, 0.15) is 23.1 Å². The molecule has 196 valence electrons. The molecule has 3 aliphatic rings. The average Bonchev–Trinajstić information content (AvgIpc) is 3.50. The number of amidine groups is 1. The summed E-state index contributed by atoms with van der Waals surface area (Å²) in [6.45, 7) is 11.3. The number of likely N-dealkylation sites (N-methyl/N-ethyl adjacent to an activating group) is 1. The minimum Gasteiger partial charge on any atom is -0.507 e. The number of allylic oxidation sites excluding steroid dienone is 1. The molecule has 0 bridgehead atoms. The minimum atomic E-state index is -0.0128. The summed E-state index contributed by atoms with van der Waals surface area (Å²) in [6, 6.07) is 3.68. The van der Waals surface area contributed by atoms with Crippen molar-refractivity contribution in [3.05, 3.63) is 46.7 Å². The molecule has 1 saturated heterocycles. The molecule has 0 aromatic heterocycles. The molecule has 1 aliphatic carbocycles. The number of hydrogen-bond acceptors (Lipinski definition) is 7. The lowest BCUT2D eigenvalue weighted by molar-refractivity contribution is 0.114. The van der Waals surface area contributed by atoms with E-state index in [1.165, 1.54) is 0 Å². The zero-order chi connectivity index (χ0) is 26.3. The molecule has 8 heteroatoms. The Balaban J connectivity index is 1.61. The number of benzene rings is 1. The first-order valence-corrected chi connectivity index (χ1v) is 12.7. The SMILES string of the molecule is CC1=CNC(=c2cc(O)c(=C(N)C=CC(=N)N(C)C3CC(C)(C)NC(C)(C)C3)c(OCC3CC3)c2)O1. The van der Waals surface area contributed by atoms with E-state index in [1.54, 1.807) is 24.4 Å². The predicted octanol–water partition coefficient (Wildman–Crippen LogP) is 2.57. The monoisotopic (exact) mass is 495 g/mol. The van der Waals surface area contributed by atoms with Gasteiger partial charge >= 0.3 is 0 Å². The number of piperidine rings is 1. The third-order valence-electron chi connectivity index (χ3n) is 6.99. The van der Waals surface area contributed by atoms with E-state index in [0.717, 1.165) is 31.4 Å². The summed E-state index contributed by atoms with van der Waals surface area (Å²) >= 11 is 0. The molecule has 36 heavy (non-hydrogen) atoms. The van der Waals surface area contributed by atoms with Gasteiger partial charge in [0.05, 0.1) is 11.8 Å². The first-order valence-electron chi connectivity index (χ1n) is 12.7. The van der Waals surface area contributed by atoms with Gasteiger partial charge in [-0.2, -0.15) is 0 Å². The number of aromatic hydroxyl groups is 1. The van der Waals surface area contributed by atoms with Crippen LogP contribution in [0.2, 0.25) is 0 Å². The van der Waals surface area contributed by atoms with Crippen molar-refractivity contribution < 1.29 is 14.6 Å². The van der Waals surface area contributed by atoms with Gasteiger partial charge in [-0.1, -0.05) is 0 Å². The Morgan fingerprint density at radius 3 is 2.47 bits per heavy atom. The molecule has 0 unspecified atom stereocenters. The van der Waals surface area contributed by atoms with Crippen LogP contribution in [0.15, 0.2) is 36.2 Å². The number of hydrogen-bond donors (Lipinski definition) is 5. The first-order chi connectivity index (χ1) is 16.8. The molecule has 0 amide bonds. The van der Waals surface area contributed by atoms with Crippen LogP contribution in [-0.2, 0) is 4.74 Å². The van der Waals surface area contributed by atoms with E-state index in [9.17, 15) is 5.11 Å². The summed E-state index contributed by atoms with van der Waals surface area (Å²) < 4.78 is 11.8. The summed E-state index contributed by atoms with van der Waals surface area (Å²) in [5.41, 5.74) is 6.77. The highest BCUT2D eigenvalue weighted by atomic mass is 16.5. The van der Waals surface area contributed by atoms with Gasteiger partial charge in [0.25, 0.3) is 0 Å². The van der Waals surface area contributed by atoms with Gasteiger partial charge in [-0.25, -0.2) is 0 Å². The normalized spacial score (nSPS) is 23.6. The van der Waals surface area contributed by atoms with Crippen molar-refractivity contribution in [2.75, 3.05) is 13.7 Å². The summed E-state index contributed by atoms with van der Waals surface area (Å²) in [5, 5.41) is 27.5. The molecule has 0 radical (unpaired) electrons. The summed E-state index contributed by atoms with van der Waals surface area (Å²) in [4.78, 5) is 2.01. The Labute approximate surface area is 214 Å². The summed E-state index contributed by atoms with van der Waals surface area (Å²) in [5.74, 6) is 2.70. The molecule has 2 aliphatic heterocycles. The number of rotatable bonds is 6. The molecular formula is C28H41N5O3. The maximum absolute atomic E-state index is 10.9. The molecule has 2 heterocycles. The molecule has 0 spiro atoms. The Kier molecular flexibility index (Phi) is 7.01. The van der Waals surface area contributed by atoms with Gasteiger partial charge in [-0.05, 0) is 90.5 Å². The van der Waals surface area contributed by atoms with Crippen LogP contribution in [0, 0.1) is 11.3 Å². The van der Waals surface area contributed by atoms with Crippen molar-refractivity contribution in [3.8, 4) is 11.5 Å². The van der Waals surface area contributed by atoms with Gasteiger partial charge in [0.2, 0.25) is 5.88 Å². The lowest BCUT2D eigenvalue weighted by atomic mass is 9.79. The molecule has 1 aromatic rings. The van der Waals surface area contributed by atoms with Crippen molar-refractivity contribution in [2.45, 2.75) is 77.4 Å². The fraction of sp³-hybridized carbons (Fsp3) is 0.536. The number of nitrogens with one attached hydrogen (secondary N) is 3. The maximum Gasteiger partial charge on any atom is 0.204 e. The molecule has 2 fully saturated rings. The van der Waals surface area contributed by atoms with Crippen molar-refractivity contribution in [1.82, 2.24) is 15.5 Å². The molecule has 6 N–H and O–H groups in total. The number of ether oxygens (including phenoxy) is 2. The Morgan fingerprint density at radius 1 is 1.22 bits per heavy atom. The minimum absolute atomic E-state index is 0.00430. The van der Waals surface area contributed by atoms with Gasteiger partial charge in [-0.15, -0.1) is 0 Å². The lowest BCUT2D eigenvalue weighted by Crippen LogP contribution is -2.62. The second-order valence-corrected chi connectivity index (χ2v) is 11.7. The second kappa shape index (κ2) is 9.73. The zero-order valence-electron chi connectivity index (χ0n) is 22.4. The van der Waals surface area contributed by atoms with Crippen LogP contribution in [0.25, 0.3) is 11.6 Å². The highest BCUT2D eigenvalue weighted by Gasteiger charge is 2.39. The standard InChI is InChI=1S/C28H41N5O3/c1-17-15-31-26(36-17)19-11-22(34)25(23(12-19)35-16-18-7-8-18)21(29)9-10-24(30)33(6)20-13-27(2,3)32-28(4,5)14-20/h9-12,15,18,20,30-32,34H,7-8,13-14,16,29H2,1-6H3. The van der Waals surface area contributed by atoms with E-state index < -0.39 is 0 Å². The third-order valence-corrected chi connectivity index (χ3v) is 6.99. The van der Waals surface area contributed by atoms with Crippen molar-refractivity contribution in [1.29, 1.82) is 5.41 Å². The molecule has 4 rings (SSSR count). The van der Waals surface area contributed by atoms with E-state index >= 15 is 0 Å². The maximum atomic E-state index is 10.9. The van der Waals surface area contributed by atoms with Gasteiger partial charge in [0, 0.05) is 41.3 Å². The van der Waals surface area contributed by atoms with E-state index in [1.807, 2.05) is 24.9 Å². The van der Waals surface area contributed by atoms with Crippen molar-refractivity contribution >= 4 is 17.4 Å². The van der Waals surface area contributed by atoms with E-state index in [2.05, 4.69) is 38.3 Å². The predicted molar refractivity (Wildman–Crippen MR) is 144 cm³/mol. The van der Waals surface area contributed by atoms with Crippen LogP contribution in [0.4, 0.5) is 0 Å². The quantitative estimate of drug-likeness (QED) is 0.304. The summed E-state index contributed by atoms with van der Waals surface area (Å²) in [6.07, 6.45) is 9.32. The molecular weight excluding hydrogens is 454 g/mol. The number of nitrogens with two attached hydrogens (primary N) is 1. The van der Waals surface area contributed by atoms with Gasteiger partial charge < -0.3 is 35.8 Å². The fourth-order valence-electron chi connectivity index (χ4n) is 5.27. The number of nitrogens with zero attached hydrogens (tertiary/aromatic N) is 1. The van der Waals surface area contributed by atoms with Crippen LogP contribution >= 0.6 is 0 Å². The van der Waals surface area contributed by atoms with Crippen LogP contribution in [0.3, 0.4) is 0 Å². The van der Waals surface area contributed by atoms with Crippen LogP contribution in [0.1, 0.15) is 60.3 Å². The molecule has 0 atom stereocenters. The number of phenolic OH excluding ortho intramolecular Hbond substituents is 1. The highest BCUT2D eigenvalue weighted by Crippen LogP contribution is 2.31. The lowest BCUT2D eigenvalue weighted by Gasteiger charge is -2.49. The topological polar surface area (TPSA) is 116 Å². The van der Waals surface area contributed by atoms with E-state index in [4.69, 9.17) is 20.6 Å². The smallest absolute Gasteiger partial charge is 0.204 e. The van der Waals surface area contributed by atoms with Crippen molar-refractivity contribution in [3.63, 3.8) is 0 Å². The Morgan fingerprint density at radius 2 is 1.89 bits per heavy atom. The zero-order valence-corrected chi connectivity index (χ0v) is 22.4. The Bertz CT molecular complexity index is 1190. The van der Waals surface area contributed by atoms with E-state index in [0.29, 0.717) is 46.1 Å². The van der Waals surface area contributed by atoms with Gasteiger partial charge in [-0.3, -0.25) is 5.41 Å². The van der Waals surface area contributed by atoms with Gasteiger partial charge in [0.15, 0.2) is 0 Å². The van der Waals surface area contributed by atoms with Crippen LogP contribution in [-0.4, -0.2) is 46.6 Å². The third kappa shape index (κ3) is 6.16. The molecule has 1 aromatic carbocycles. The average molecular weight is 496 g/mol. The van der Waals surface area contributed by atoms with Crippen molar-refractivity contribution in [2.24, 2.45) is 11.7 Å². The second-order valence-electron chi connectivity index (χ2n) is 11.7. The first kappa shape index (κ1) is 25.9. The Hall–Kier alpha value is -3.13. The van der Waals surface area contributed by atoms with E-state index in [-0.39, 0.29) is 22.9 Å².